The Hall–Kier alpha value is -1.75. The second-order valence-corrected chi connectivity index (χ2v) is 30.9. The van der Waals surface area contributed by atoms with Gasteiger partial charge in [0.15, 0.2) is 0 Å². The summed E-state index contributed by atoms with van der Waals surface area (Å²) in [5.74, 6) is -2.19. The molecule has 0 saturated carbocycles. The number of esters is 3. The van der Waals surface area contributed by atoms with Crippen molar-refractivity contribution in [2.24, 2.45) is 0 Å². The summed E-state index contributed by atoms with van der Waals surface area (Å²) in [4.78, 5) is 44.0. The molecule has 1 heterocycles. The Morgan fingerprint density at radius 3 is 0.907 bits per heavy atom. The fourth-order valence-electron chi connectivity index (χ4n) is 15.0. The number of unbranched alkanes of at least 4 members (excludes halogenated alkanes) is 46. The minimum absolute atomic E-state index is 0.102. The van der Waals surface area contributed by atoms with Crippen molar-refractivity contribution >= 4 is 17.9 Å². The second-order valence-electron chi connectivity index (χ2n) is 30.9. The average molecular weight is 1370 g/mol. The Kier molecular flexibility index (Phi) is 66.0. The predicted molar refractivity (Wildman–Crippen MR) is 414 cm³/mol. The van der Waals surface area contributed by atoms with Crippen LogP contribution in [0.1, 0.15) is 486 Å². The minimum Gasteiger partial charge on any atom is -0.465 e. The topological polar surface area (TPSA) is 121 Å². The summed E-state index contributed by atoms with van der Waals surface area (Å²) in [5.41, 5.74) is 0. The molecule has 576 valence electrons. The first kappa shape index (κ1) is 93.3. The van der Waals surface area contributed by atoms with Crippen molar-refractivity contribution in [1.82, 2.24) is 4.90 Å². The molecule has 0 amide bonds. The van der Waals surface area contributed by atoms with Crippen LogP contribution in [0.2, 0.25) is 0 Å². The molecule has 10 nitrogen and oxygen atoms in total. The Morgan fingerprint density at radius 1 is 0.340 bits per heavy atom. The highest BCUT2D eigenvalue weighted by Crippen LogP contribution is 2.36. The summed E-state index contributed by atoms with van der Waals surface area (Å²) >= 11 is 0. The molecule has 0 aliphatic carbocycles. The van der Waals surface area contributed by atoms with Crippen molar-refractivity contribution in [1.29, 1.82) is 0 Å². The van der Waals surface area contributed by atoms with Gasteiger partial charge in [0, 0.05) is 51.5 Å². The number of β-amino-alcohol motifs (C(OH)–C–C–N with tert-alkyl or cyclic N) is 1. The van der Waals surface area contributed by atoms with Crippen LogP contribution in [0, 0.1) is 0 Å². The van der Waals surface area contributed by atoms with Gasteiger partial charge in [0.25, 0.3) is 0 Å². The first-order valence-electron chi connectivity index (χ1n) is 43.9. The third-order valence-electron chi connectivity index (χ3n) is 21.3. The standard InChI is InChI=1S/C87H169NO9/c1-9-17-25-33-42-53-65-80(66-54-43-34-26-18-10-2)94-86(71-59-47-37-29-21-13-5,72-60-48-38-30-22-14-6)96-83(90)69-57-46-41-51-64-76-93-85(92)82-77-79(89)78-88(82)75-63-52-58-70-84(91)97-87(73-61-49-39-31-23-15-7,74-62-50-40-32-24-16-8)95-81(67-55-44-35-27-19-11-3)68-56-45-36-28-20-12-4/h79-82,89H,9-78H2,1-8H3/t79?,82-/m0/s1. The predicted octanol–water partition coefficient (Wildman–Crippen LogP) is 27.1. The molecule has 0 aromatic carbocycles. The number of aliphatic hydroxyl groups is 1. The van der Waals surface area contributed by atoms with Crippen molar-refractivity contribution in [3.05, 3.63) is 0 Å². The minimum atomic E-state index is -0.871. The number of rotatable bonds is 77. The number of aliphatic hydroxyl groups excluding tert-OH is 1. The fourth-order valence-corrected chi connectivity index (χ4v) is 15.0. The van der Waals surface area contributed by atoms with E-state index in [0.717, 1.165) is 154 Å². The van der Waals surface area contributed by atoms with E-state index in [4.69, 9.17) is 23.7 Å². The zero-order chi connectivity index (χ0) is 70.7. The van der Waals surface area contributed by atoms with Crippen molar-refractivity contribution in [3.8, 4) is 0 Å². The highest BCUT2D eigenvalue weighted by molar-refractivity contribution is 5.76. The monoisotopic (exact) mass is 1370 g/mol. The molecule has 1 rings (SSSR count). The van der Waals surface area contributed by atoms with Crippen LogP contribution < -0.4 is 0 Å². The van der Waals surface area contributed by atoms with Crippen LogP contribution in [-0.4, -0.2) is 83.5 Å². The number of nitrogens with zero attached hydrogens (tertiary/aromatic N) is 1. The molecule has 2 atom stereocenters. The molecule has 0 spiro atoms. The van der Waals surface area contributed by atoms with E-state index >= 15 is 0 Å². The normalized spacial score (nSPS) is 14.6. The molecule has 1 unspecified atom stereocenters. The molecule has 10 heteroatoms. The fraction of sp³-hybridized carbons (Fsp3) is 0.966. The van der Waals surface area contributed by atoms with Crippen molar-refractivity contribution < 1.29 is 43.2 Å². The summed E-state index contributed by atoms with van der Waals surface area (Å²) in [6.07, 6.45) is 74.1. The SMILES string of the molecule is CCCCCCCCC(CCCCCCCC)OC(CCCCCCCC)(CCCCCCCC)OC(=O)CCCCCCCOC(=O)[C@@H]1CC(O)CN1CCCCCC(=O)OC(CCCCCCCC)(CCCCCCCC)OC(CCCCCCCC)CCCCCCCC. The van der Waals surface area contributed by atoms with Crippen LogP contribution in [0.4, 0.5) is 0 Å². The molecule has 97 heavy (non-hydrogen) atoms. The van der Waals surface area contributed by atoms with Crippen molar-refractivity contribution in [2.45, 2.75) is 522 Å². The Labute approximate surface area is 604 Å². The van der Waals surface area contributed by atoms with Gasteiger partial charge in [-0.3, -0.25) is 19.3 Å². The summed E-state index contributed by atoms with van der Waals surface area (Å²) in [7, 11) is 0. The lowest BCUT2D eigenvalue weighted by molar-refractivity contribution is -0.260. The number of hydrogen-bond donors (Lipinski definition) is 1. The van der Waals surface area contributed by atoms with Crippen LogP contribution in [-0.2, 0) is 38.1 Å². The first-order chi connectivity index (χ1) is 47.5. The summed E-state index contributed by atoms with van der Waals surface area (Å²) < 4.78 is 34.2. The van der Waals surface area contributed by atoms with Gasteiger partial charge in [-0.2, -0.15) is 0 Å². The third kappa shape index (κ3) is 54.6. The molecule has 0 aromatic heterocycles. The number of hydrogen-bond acceptors (Lipinski definition) is 10. The summed E-state index contributed by atoms with van der Waals surface area (Å²) in [6.45, 7) is 19.8. The number of ether oxygens (including phenoxy) is 5. The van der Waals surface area contributed by atoms with Crippen LogP contribution in [0.5, 0.6) is 0 Å². The van der Waals surface area contributed by atoms with E-state index in [1.807, 2.05) is 0 Å². The molecular formula is C87H169NO9. The zero-order valence-electron chi connectivity index (χ0n) is 66.5. The third-order valence-corrected chi connectivity index (χ3v) is 21.3. The number of carbonyl (C=O) groups excluding carboxylic acids is 3. The van der Waals surface area contributed by atoms with Gasteiger partial charge in [-0.25, -0.2) is 0 Å². The van der Waals surface area contributed by atoms with E-state index in [1.54, 1.807) is 0 Å². The smallest absolute Gasteiger partial charge is 0.323 e. The quantitative estimate of drug-likeness (QED) is 0.0273. The maximum absolute atomic E-state index is 14.2. The Balaban J connectivity index is 2.99. The molecule has 0 aromatic rings. The van der Waals surface area contributed by atoms with Crippen LogP contribution >= 0.6 is 0 Å². The van der Waals surface area contributed by atoms with Gasteiger partial charge in [-0.15, -0.1) is 0 Å². The van der Waals surface area contributed by atoms with Gasteiger partial charge in [0.1, 0.15) is 6.04 Å². The van der Waals surface area contributed by atoms with Gasteiger partial charge in [0.05, 0.1) is 24.9 Å². The van der Waals surface area contributed by atoms with Crippen LogP contribution in [0.15, 0.2) is 0 Å². The molecule has 1 saturated heterocycles. The molecular weight excluding hydrogens is 1200 g/mol. The van der Waals surface area contributed by atoms with E-state index in [1.165, 1.54) is 257 Å². The Morgan fingerprint density at radius 2 is 0.598 bits per heavy atom. The highest BCUT2D eigenvalue weighted by atomic mass is 16.7. The molecule has 0 bridgehead atoms. The number of carbonyl (C=O) groups is 3. The lowest BCUT2D eigenvalue weighted by atomic mass is 9.97. The van der Waals surface area contributed by atoms with Crippen LogP contribution in [0.25, 0.3) is 0 Å². The average Bonchev–Trinajstić information content (AvgIpc) is 1.78. The molecule has 1 aliphatic rings. The van der Waals surface area contributed by atoms with Gasteiger partial charge < -0.3 is 28.8 Å². The lowest BCUT2D eigenvalue weighted by Crippen LogP contribution is -2.42. The van der Waals surface area contributed by atoms with E-state index < -0.39 is 23.7 Å². The van der Waals surface area contributed by atoms with Gasteiger partial charge in [-0.1, -0.05) is 364 Å². The second kappa shape index (κ2) is 68.7. The first-order valence-corrected chi connectivity index (χ1v) is 43.9. The highest BCUT2D eigenvalue weighted by Gasteiger charge is 2.40. The van der Waals surface area contributed by atoms with Crippen molar-refractivity contribution in [3.63, 3.8) is 0 Å². The maximum Gasteiger partial charge on any atom is 0.323 e. The maximum atomic E-state index is 14.2. The zero-order valence-corrected chi connectivity index (χ0v) is 66.5. The largest absolute Gasteiger partial charge is 0.465 e. The van der Waals surface area contributed by atoms with E-state index in [0.29, 0.717) is 39.0 Å². The van der Waals surface area contributed by atoms with E-state index in [-0.39, 0.29) is 30.1 Å². The van der Waals surface area contributed by atoms with E-state index in [2.05, 4.69) is 60.3 Å². The summed E-state index contributed by atoms with van der Waals surface area (Å²) in [5, 5.41) is 10.8. The van der Waals surface area contributed by atoms with E-state index in [9.17, 15) is 19.5 Å². The lowest BCUT2D eigenvalue weighted by Gasteiger charge is -2.37. The molecule has 1 N–H and O–H groups in total. The van der Waals surface area contributed by atoms with Gasteiger partial charge in [0.2, 0.25) is 11.6 Å². The van der Waals surface area contributed by atoms with Crippen LogP contribution in [0.3, 0.4) is 0 Å². The van der Waals surface area contributed by atoms with Gasteiger partial charge in [-0.05, 0) is 83.6 Å². The van der Waals surface area contributed by atoms with Gasteiger partial charge >= 0.3 is 17.9 Å². The van der Waals surface area contributed by atoms with Crippen molar-refractivity contribution in [2.75, 3.05) is 19.7 Å². The number of likely N-dealkylation sites (tertiary alicyclic amines) is 1. The molecule has 1 fully saturated rings. The summed E-state index contributed by atoms with van der Waals surface area (Å²) in [6, 6.07) is -0.451. The molecule has 0 radical (unpaired) electrons. The Bertz CT molecular complexity index is 1630. The molecule has 1 aliphatic heterocycles.